The molecule has 0 bridgehead atoms. The summed E-state index contributed by atoms with van der Waals surface area (Å²) in [4.78, 5) is 0. The Morgan fingerprint density at radius 3 is 2.70 bits per heavy atom. The first-order valence-corrected chi connectivity index (χ1v) is 7.30. The zero-order valence-corrected chi connectivity index (χ0v) is 12.5. The van der Waals surface area contributed by atoms with E-state index in [4.69, 9.17) is 13.9 Å². The summed E-state index contributed by atoms with van der Waals surface area (Å²) in [5.41, 5.74) is 0.774. The molecule has 0 unspecified atom stereocenters. The molecule has 114 valence electrons. The summed E-state index contributed by atoms with van der Waals surface area (Å²) in [5, 5.41) is 1.93. The molecule has 4 rings (SSSR count). The van der Waals surface area contributed by atoms with Crippen molar-refractivity contribution in [3.8, 4) is 11.5 Å². The van der Waals surface area contributed by atoms with Gasteiger partial charge in [-0.1, -0.05) is 12.1 Å². The lowest BCUT2D eigenvalue weighted by Gasteiger charge is -1.99. The summed E-state index contributed by atoms with van der Waals surface area (Å²) in [5.74, 6) is 2.67. The van der Waals surface area contributed by atoms with Crippen molar-refractivity contribution >= 4 is 22.9 Å². The summed E-state index contributed by atoms with van der Waals surface area (Å²) >= 11 is 0. The number of rotatable bonds is 2. The second-order valence-corrected chi connectivity index (χ2v) is 5.40. The molecule has 0 N–H and O–H groups in total. The number of aryl methyl sites for hydroxylation is 1. The molecule has 0 aliphatic carbocycles. The standard InChI is InChI=1S/C19H14FO3/c1-12-7-14-9-18-19(22-11-21-18)10-16(14)17(23-12)6-5-13-3-2-4-15(20)8-13/h2-10H,11H2,1H3/q+1. The second kappa shape index (κ2) is 5.39. The molecule has 0 radical (unpaired) electrons. The van der Waals surface area contributed by atoms with Crippen LogP contribution in [-0.4, -0.2) is 6.79 Å². The molecule has 2 aromatic carbocycles. The Bertz CT molecular complexity index is 931. The summed E-state index contributed by atoms with van der Waals surface area (Å²) < 4.78 is 29.9. The Kier molecular flexibility index (Phi) is 3.23. The predicted molar refractivity (Wildman–Crippen MR) is 86.8 cm³/mol. The van der Waals surface area contributed by atoms with Crippen LogP contribution in [0.15, 0.2) is 46.9 Å². The third-order valence-corrected chi connectivity index (χ3v) is 3.72. The summed E-state index contributed by atoms with van der Waals surface area (Å²) in [6, 6.07) is 12.2. The van der Waals surface area contributed by atoms with Crippen LogP contribution in [0.4, 0.5) is 4.39 Å². The van der Waals surface area contributed by atoms with Crippen molar-refractivity contribution in [1.82, 2.24) is 0 Å². The van der Waals surface area contributed by atoms with Gasteiger partial charge >= 0.3 is 11.5 Å². The molecule has 3 aromatic rings. The van der Waals surface area contributed by atoms with Gasteiger partial charge in [-0.2, -0.15) is 0 Å². The first-order chi connectivity index (χ1) is 11.2. The van der Waals surface area contributed by atoms with Gasteiger partial charge in [-0.3, -0.25) is 0 Å². The lowest BCUT2D eigenvalue weighted by molar-refractivity contribution is 0.174. The van der Waals surface area contributed by atoms with Gasteiger partial charge < -0.3 is 9.47 Å². The van der Waals surface area contributed by atoms with Crippen LogP contribution in [0.5, 0.6) is 11.5 Å². The highest BCUT2D eigenvalue weighted by Crippen LogP contribution is 2.38. The van der Waals surface area contributed by atoms with E-state index in [1.165, 1.54) is 12.1 Å². The number of hydrogen-bond acceptors (Lipinski definition) is 2. The fraction of sp³-hybridized carbons (Fsp3) is 0.105. The Balaban J connectivity index is 1.82. The van der Waals surface area contributed by atoms with E-state index in [2.05, 4.69) is 0 Å². The Labute approximate surface area is 132 Å². The molecule has 0 atom stereocenters. The van der Waals surface area contributed by atoms with E-state index in [1.54, 1.807) is 6.07 Å². The Hall–Kier alpha value is -2.88. The number of benzene rings is 2. The highest BCUT2D eigenvalue weighted by atomic mass is 19.1. The van der Waals surface area contributed by atoms with Crippen LogP contribution in [0.2, 0.25) is 0 Å². The van der Waals surface area contributed by atoms with E-state index in [0.717, 1.165) is 27.8 Å². The van der Waals surface area contributed by atoms with Crippen molar-refractivity contribution < 1.29 is 18.3 Å². The molecule has 3 nitrogen and oxygen atoms in total. The molecule has 1 aliphatic rings. The number of fused-ring (bicyclic) bond motifs is 2. The fourth-order valence-corrected chi connectivity index (χ4v) is 2.67. The monoisotopic (exact) mass is 309 g/mol. The molecular formula is C19H14FO3+. The van der Waals surface area contributed by atoms with Gasteiger partial charge in [0.1, 0.15) is 5.82 Å². The number of ether oxygens (including phenoxy) is 2. The van der Waals surface area contributed by atoms with E-state index in [0.29, 0.717) is 11.5 Å². The minimum absolute atomic E-state index is 0.232. The third-order valence-electron chi connectivity index (χ3n) is 3.72. The van der Waals surface area contributed by atoms with Crippen molar-refractivity contribution in [3.63, 3.8) is 0 Å². The van der Waals surface area contributed by atoms with Crippen molar-refractivity contribution in [2.45, 2.75) is 6.92 Å². The quantitative estimate of drug-likeness (QED) is 0.620. The van der Waals surface area contributed by atoms with Crippen LogP contribution >= 0.6 is 0 Å². The molecular weight excluding hydrogens is 295 g/mol. The SMILES string of the molecule is Cc1cc2cc3c(cc2c(C=Cc2cccc(F)c2)[o+]1)OCO3. The lowest BCUT2D eigenvalue weighted by Crippen LogP contribution is -1.92. The van der Waals surface area contributed by atoms with Crippen LogP contribution in [0.3, 0.4) is 0 Å². The average molecular weight is 309 g/mol. The maximum Gasteiger partial charge on any atom is 0.360 e. The van der Waals surface area contributed by atoms with Crippen LogP contribution in [-0.2, 0) is 0 Å². The molecule has 1 aliphatic heterocycles. The van der Waals surface area contributed by atoms with Crippen molar-refractivity contribution in [2.75, 3.05) is 6.79 Å². The lowest BCUT2D eigenvalue weighted by atomic mass is 10.1. The van der Waals surface area contributed by atoms with Gasteiger partial charge in [-0.25, -0.2) is 8.81 Å². The number of hydrogen-bond donors (Lipinski definition) is 0. The molecule has 0 saturated carbocycles. The molecule has 0 amide bonds. The molecule has 23 heavy (non-hydrogen) atoms. The van der Waals surface area contributed by atoms with Crippen LogP contribution in [0.1, 0.15) is 17.1 Å². The molecule has 0 spiro atoms. The summed E-state index contributed by atoms with van der Waals surface area (Å²) in [6.45, 7) is 2.12. The van der Waals surface area contributed by atoms with Gasteiger partial charge in [0.2, 0.25) is 6.79 Å². The van der Waals surface area contributed by atoms with Crippen molar-refractivity contribution in [1.29, 1.82) is 0 Å². The van der Waals surface area contributed by atoms with Gasteiger partial charge in [-0.15, -0.1) is 0 Å². The first-order valence-electron chi connectivity index (χ1n) is 7.30. The van der Waals surface area contributed by atoms with Gasteiger partial charge in [-0.05, 0) is 29.8 Å². The first kappa shape index (κ1) is 13.8. The van der Waals surface area contributed by atoms with E-state index < -0.39 is 0 Å². The van der Waals surface area contributed by atoms with Gasteiger partial charge in [0.05, 0.1) is 12.3 Å². The van der Waals surface area contributed by atoms with Crippen molar-refractivity contribution in [3.05, 3.63) is 65.4 Å². The van der Waals surface area contributed by atoms with E-state index in [-0.39, 0.29) is 12.6 Å². The zero-order chi connectivity index (χ0) is 15.8. The smallest absolute Gasteiger partial charge is 0.360 e. The molecule has 2 heterocycles. The fourth-order valence-electron chi connectivity index (χ4n) is 2.67. The van der Waals surface area contributed by atoms with Gasteiger partial charge in [0.15, 0.2) is 11.5 Å². The van der Waals surface area contributed by atoms with Crippen molar-refractivity contribution in [2.24, 2.45) is 0 Å². The molecule has 4 heteroatoms. The highest BCUT2D eigenvalue weighted by molar-refractivity contribution is 5.93. The minimum Gasteiger partial charge on any atom is -0.454 e. The van der Waals surface area contributed by atoms with Gasteiger partial charge in [0.25, 0.3) is 0 Å². The second-order valence-electron chi connectivity index (χ2n) is 5.40. The Morgan fingerprint density at radius 2 is 1.87 bits per heavy atom. The van der Waals surface area contributed by atoms with E-state index in [9.17, 15) is 4.39 Å². The van der Waals surface area contributed by atoms with Crippen LogP contribution < -0.4 is 9.47 Å². The molecule has 0 fully saturated rings. The largest absolute Gasteiger partial charge is 0.454 e. The maximum absolute atomic E-state index is 13.3. The van der Waals surface area contributed by atoms with Gasteiger partial charge in [0, 0.05) is 23.6 Å². The summed E-state index contributed by atoms with van der Waals surface area (Å²) in [7, 11) is 0. The third kappa shape index (κ3) is 2.63. The molecule has 1 aromatic heterocycles. The average Bonchev–Trinajstić information content (AvgIpc) is 2.98. The Morgan fingerprint density at radius 1 is 1.04 bits per heavy atom. The zero-order valence-electron chi connectivity index (χ0n) is 12.5. The normalized spacial score (nSPS) is 13.1. The van der Waals surface area contributed by atoms with Crippen LogP contribution in [0.25, 0.3) is 22.9 Å². The minimum atomic E-state index is -0.262. The predicted octanol–water partition coefficient (Wildman–Crippen LogP) is 5.06. The number of halogens is 1. The molecule has 0 saturated heterocycles. The van der Waals surface area contributed by atoms with E-state index in [1.807, 2.05) is 43.3 Å². The van der Waals surface area contributed by atoms with Crippen LogP contribution in [0, 0.1) is 12.7 Å². The van der Waals surface area contributed by atoms with E-state index >= 15 is 0 Å². The maximum atomic E-state index is 13.3. The topological polar surface area (TPSA) is 29.8 Å². The highest BCUT2D eigenvalue weighted by Gasteiger charge is 2.20. The summed E-state index contributed by atoms with van der Waals surface area (Å²) in [6.07, 6.45) is 3.66.